The van der Waals surface area contributed by atoms with E-state index in [1.54, 1.807) is 0 Å². The van der Waals surface area contributed by atoms with Gasteiger partial charge < -0.3 is 15.2 Å². The highest BCUT2D eigenvalue weighted by Crippen LogP contribution is 2.32. The van der Waals surface area contributed by atoms with E-state index >= 15 is 0 Å². The molecule has 1 fully saturated rings. The van der Waals surface area contributed by atoms with Gasteiger partial charge in [0.2, 0.25) is 0 Å². The molecule has 0 aromatic rings. The molecule has 1 saturated heterocycles. The van der Waals surface area contributed by atoms with Gasteiger partial charge in [0.25, 0.3) is 0 Å². The SMILES string of the molecule is CCOC1(C(N)CCC(C)(C)C)CCOCC1. The quantitative estimate of drug-likeness (QED) is 0.807. The van der Waals surface area contributed by atoms with Crippen molar-refractivity contribution in [2.24, 2.45) is 11.1 Å². The van der Waals surface area contributed by atoms with Gasteiger partial charge in [-0.1, -0.05) is 20.8 Å². The summed E-state index contributed by atoms with van der Waals surface area (Å²) in [7, 11) is 0. The minimum Gasteiger partial charge on any atom is -0.381 e. The predicted molar refractivity (Wildman–Crippen MR) is 71.1 cm³/mol. The Hall–Kier alpha value is -0.120. The van der Waals surface area contributed by atoms with Crippen LogP contribution in [0.3, 0.4) is 0 Å². The fraction of sp³-hybridized carbons (Fsp3) is 1.00. The summed E-state index contributed by atoms with van der Waals surface area (Å²) >= 11 is 0. The zero-order valence-electron chi connectivity index (χ0n) is 11.9. The Bertz CT molecular complexity index is 211. The molecule has 0 amide bonds. The van der Waals surface area contributed by atoms with Gasteiger partial charge in [0.1, 0.15) is 0 Å². The van der Waals surface area contributed by atoms with Crippen LogP contribution in [0.15, 0.2) is 0 Å². The third kappa shape index (κ3) is 4.57. The van der Waals surface area contributed by atoms with E-state index in [4.69, 9.17) is 15.2 Å². The van der Waals surface area contributed by atoms with Gasteiger partial charge >= 0.3 is 0 Å². The van der Waals surface area contributed by atoms with Gasteiger partial charge in [-0.05, 0) is 25.2 Å². The van der Waals surface area contributed by atoms with Crippen molar-refractivity contribution in [3.63, 3.8) is 0 Å². The van der Waals surface area contributed by atoms with Crippen LogP contribution in [0.1, 0.15) is 53.4 Å². The molecule has 3 heteroatoms. The number of ether oxygens (including phenoxy) is 2. The number of hydrogen-bond acceptors (Lipinski definition) is 3. The van der Waals surface area contributed by atoms with E-state index in [2.05, 4.69) is 20.8 Å². The average Bonchev–Trinajstić information content (AvgIpc) is 2.26. The second-order valence-corrected chi connectivity index (χ2v) is 6.32. The van der Waals surface area contributed by atoms with E-state index in [1.807, 2.05) is 6.92 Å². The molecule has 0 saturated carbocycles. The van der Waals surface area contributed by atoms with Crippen LogP contribution in [-0.4, -0.2) is 31.5 Å². The van der Waals surface area contributed by atoms with Crippen molar-refractivity contribution in [1.29, 1.82) is 0 Å². The highest BCUT2D eigenvalue weighted by molar-refractivity contribution is 4.93. The molecule has 1 unspecified atom stereocenters. The lowest BCUT2D eigenvalue weighted by Gasteiger charge is -2.42. The molecule has 0 spiro atoms. The molecule has 17 heavy (non-hydrogen) atoms. The molecule has 1 heterocycles. The summed E-state index contributed by atoms with van der Waals surface area (Å²) in [5.41, 5.74) is 6.60. The summed E-state index contributed by atoms with van der Waals surface area (Å²) in [4.78, 5) is 0. The van der Waals surface area contributed by atoms with Crippen LogP contribution in [0, 0.1) is 5.41 Å². The monoisotopic (exact) mass is 243 g/mol. The molecule has 1 rings (SSSR count). The lowest BCUT2D eigenvalue weighted by Crippen LogP contribution is -2.53. The minimum absolute atomic E-state index is 0.130. The van der Waals surface area contributed by atoms with Gasteiger partial charge in [-0.15, -0.1) is 0 Å². The zero-order valence-corrected chi connectivity index (χ0v) is 11.9. The lowest BCUT2D eigenvalue weighted by molar-refractivity contribution is -0.122. The van der Waals surface area contributed by atoms with Crippen LogP contribution in [0.25, 0.3) is 0 Å². The molecule has 3 nitrogen and oxygen atoms in total. The Labute approximate surface area is 106 Å². The van der Waals surface area contributed by atoms with Gasteiger partial charge in [-0.3, -0.25) is 0 Å². The molecule has 1 atom stereocenters. The number of rotatable bonds is 5. The first-order valence-electron chi connectivity index (χ1n) is 6.87. The summed E-state index contributed by atoms with van der Waals surface area (Å²) in [6.07, 6.45) is 4.05. The highest BCUT2D eigenvalue weighted by Gasteiger charge is 2.39. The van der Waals surface area contributed by atoms with Crippen LogP contribution in [-0.2, 0) is 9.47 Å². The highest BCUT2D eigenvalue weighted by atomic mass is 16.5. The topological polar surface area (TPSA) is 44.5 Å². The van der Waals surface area contributed by atoms with E-state index in [9.17, 15) is 0 Å². The van der Waals surface area contributed by atoms with E-state index in [0.29, 0.717) is 5.41 Å². The van der Waals surface area contributed by atoms with Crippen LogP contribution in [0.2, 0.25) is 0 Å². The van der Waals surface area contributed by atoms with Crippen molar-refractivity contribution >= 4 is 0 Å². The van der Waals surface area contributed by atoms with Gasteiger partial charge in [0.15, 0.2) is 0 Å². The molecule has 0 aromatic heterocycles. The lowest BCUT2D eigenvalue weighted by atomic mass is 9.80. The molecule has 2 N–H and O–H groups in total. The number of nitrogens with two attached hydrogens (primary N) is 1. The van der Waals surface area contributed by atoms with Gasteiger partial charge in [0, 0.05) is 38.7 Å². The standard InChI is InChI=1S/C14H29NO2/c1-5-17-14(8-10-16-11-9-14)12(15)6-7-13(2,3)4/h12H,5-11,15H2,1-4H3. The van der Waals surface area contributed by atoms with Crippen molar-refractivity contribution in [1.82, 2.24) is 0 Å². The van der Waals surface area contributed by atoms with Crippen molar-refractivity contribution in [3.8, 4) is 0 Å². The van der Waals surface area contributed by atoms with E-state index in [-0.39, 0.29) is 11.6 Å². The summed E-state index contributed by atoms with van der Waals surface area (Å²) < 4.78 is 11.4. The van der Waals surface area contributed by atoms with Crippen molar-refractivity contribution in [3.05, 3.63) is 0 Å². The molecule has 1 aliphatic rings. The van der Waals surface area contributed by atoms with Crippen LogP contribution in [0.4, 0.5) is 0 Å². The summed E-state index contributed by atoms with van der Waals surface area (Å²) in [5, 5.41) is 0. The Morgan fingerprint density at radius 2 is 1.88 bits per heavy atom. The van der Waals surface area contributed by atoms with Gasteiger partial charge in [-0.2, -0.15) is 0 Å². The van der Waals surface area contributed by atoms with Crippen LogP contribution < -0.4 is 5.73 Å². The van der Waals surface area contributed by atoms with E-state index < -0.39 is 0 Å². The normalized spacial score (nSPS) is 22.4. The molecule has 0 radical (unpaired) electrons. The fourth-order valence-corrected chi connectivity index (χ4v) is 2.48. The third-order valence-corrected chi connectivity index (χ3v) is 3.65. The first-order chi connectivity index (χ1) is 7.90. The molecule has 1 aliphatic heterocycles. The largest absolute Gasteiger partial charge is 0.381 e. The minimum atomic E-state index is -0.141. The molecule has 0 aliphatic carbocycles. The molecule has 0 aromatic carbocycles. The fourth-order valence-electron chi connectivity index (χ4n) is 2.48. The van der Waals surface area contributed by atoms with Crippen molar-refractivity contribution < 1.29 is 9.47 Å². The number of hydrogen-bond donors (Lipinski definition) is 1. The maximum atomic E-state index is 6.40. The van der Waals surface area contributed by atoms with Gasteiger partial charge in [-0.25, -0.2) is 0 Å². The first kappa shape index (κ1) is 14.9. The van der Waals surface area contributed by atoms with Crippen LogP contribution >= 0.6 is 0 Å². The Morgan fingerprint density at radius 1 is 1.29 bits per heavy atom. The predicted octanol–water partition coefficient (Wildman–Crippen LogP) is 2.73. The molecular weight excluding hydrogens is 214 g/mol. The van der Waals surface area contributed by atoms with Gasteiger partial charge in [0.05, 0.1) is 5.60 Å². The Balaban J connectivity index is 2.56. The summed E-state index contributed by atoms with van der Waals surface area (Å²) in [5.74, 6) is 0. The average molecular weight is 243 g/mol. The Kier molecular flexibility index (Phi) is 5.42. The molecule has 0 bridgehead atoms. The maximum Gasteiger partial charge on any atom is 0.0876 e. The van der Waals surface area contributed by atoms with Crippen molar-refractivity contribution in [2.45, 2.75) is 65.0 Å². The second-order valence-electron chi connectivity index (χ2n) is 6.32. The first-order valence-corrected chi connectivity index (χ1v) is 6.87. The molecular formula is C14H29NO2. The zero-order chi connectivity index (χ0) is 12.9. The van der Waals surface area contributed by atoms with E-state index in [0.717, 1.165) is 45.5 Å². The summed E-state index contributed by atoms with van der Waals surface area (Å²) in [6.45, 7) is 11.1. The summed E-state index contributed by atoms with van der Waals surface area (Å²) in [6, 6.07) is 0.130. The second kappa shape index (κ2) is 6.17. The van der Waals surface area contributed by atoms with E-state index in [1.165, 1.54) is 0 Å². The molecule has 102 valence electrons. The smallest absolute Gasteiger partial charge is 0.0876 e. The third-order valence-electron chi connectivity index (χ3n) is 3.65. The van der Waals surface area contributed by atoms with Crippen LogP contribution in [0.5, 0.6) is 0 Å². The Morgan fingerprint density at radius 3 is 2.35 bits per heavy atom. The van der Waals surface area contributed by atoms with Crippen molar-refractivity contribution in [2.75, 3.05) is 19.8 Å². The maximum absolute atomic E-state index is 6.40.